The normalized spacial score (nSPS) is 9.84. The molecule has 0 bridgehead atoms. The van der Waals surface area contributed by atoms with E-state index in [1.165, 1.54) is 13.2 Å². The number of halogens is 1. The highest BCUT2D eigenvalue weighted by Gasteiger charge is 2.09. The van der Waals surface area contributed by atoms with Gasteiger partial charge in [0.1, 0.15) is 6.07 Å². The van der Waals surface area contributed by atoms with Crippen LogP contribution in [0.4, 0.5) is 11.4 Å². The Balaban J connectivity index is 1.97. The number of methoxy groups -OCH3 is 1. The monoisotopic (exact) mass is 357 g/mol. The van der Waals surface area contributed by atoms with E-state index >= 15 is 0 Å². The van der Waals surface area contributed by atoms with Crippen LogP contribution < -0.4 is 10.6 Å². The largest absolute Gasteiger partial charge is 0.465 e. The summed E-state index contributed by atoms with van der Waals surface area (Å²) in [7, 11) is 1.32. The number of nitriles is 1. The number of ether oxygens (including phenoxy) is 1. The lowest BCUT2D eigenvalue weighted by molar-refractivity contribution is -0.114. The van der Waals surface area contributed by atoms with Crippen molar-refractivity contribution < 1.29 is 14.3 Å². The third-order valence-electron chi connectivity index (χ3n) is 3.46. The highest BCUT2D eigenvalue weighted by atomic mass is 35.5. The summed E-state index contributed by atoms with van der Waals surface area (Å²) in [6.07, 6.45) is 0. The minimum atomic E-state index is -0.412. The van der Waals surface area contributed by atoms with E-state index in [9.17, 15) is 9.59 Å². The Bertz CT molecular complexity index is 859. The number of nitrogens with one attached hydrogen (secondary N) is 2. The number of carbonyl (C=O) groups is 2. The second-order valence-electron chi connectivity index (χ2n) is 5.23. The molecule has 2 aromatic rings. The zero-order chi connectivity index (χ0) is 18.4. The van der Waals surface area contributed by atoms with Gasteiger partial charge in [-0.15, -0.1) is 0 Å². The van der Waals surface area contributed by atoms with Gasteiger partial charge < -0.3 is 15.4 Å². The third-order valence-corrected chi connectivity index (χ3v) is 3.77. The second-order valence-corrected chi connectivity index (χ2v) is 5.64. The smallest absolute Gasteiger partial charge is 0.337 e. The van der Waals surface area contributed by atoms with Gasteiger partial charge in [-0.3, -0.25) is 4.79 Å². The van der Waals surface area contributed by atoms with Crippen molar-refractivity contribution in [1.82, 2.24) is 0 Å². The Morgan fingerprint density at radius 1 is 1.24 bits per heavy atom. The molecule has 2 N–H and O–H groups in total. The number of aryl methyl sites for hydroxylation is 1. The first-order valence-electron chi connectivity index (χ1n) is 7.37. The molecule has 25 heavy (non-hydrogen) atoms. The van der Waals surface area contributed by atoms with Crippen molar-refractivity contribution in [2.24, 2.45) is 0 Å². The molecule has 128 valence electrons. The molecular weight excluding hydrogens is 342 g/mol. The Kier molecular flexibility index (Phi) is 5.98. The standard InChI is InChI=1S/C18H16ClN3O3/c1-11-7-12(18(24)25-2)4-6-16(11)21-10-17(23)22-14-5-3-13(9-20)15(19)8-14/h3-8,21H,10H2,1-2H3,(H,22,23). The van der Waals surface area contributed by atoms with Crippen LogP contribution in [-0.2, 0) is 9.53 Å². The molecular formula is C18H16ClN3O3. The van der Waals surface area contributed by atoms with Gasteiger partial charge in [0.25, 0.3) is 0 Å². The van der Waals surface area contributed by atoms with E-state index in [-0.39, 0.29) is 17.5 Å². The molecule has 0 heterocycles. The molecule has 6 nitrogen and oxygen atoms in total. The van der Waals surface area contributed by atoms with E-state index in [4.69, 9.17) is 16.9 Å². The molecule has 2 rings (SSSR count). The maximum atomic E-state index is 12.0. The van der Waals surface area contributed by atoms with Gasteiger partial charge in [-0.05, 0) is 48.9 Å². The zero-order valence-corrected chi connectivity index (χ0v) is 14.5. The van der Waals surface area contributed by atoms with E-state index < -0.39 is 5.97 Å². The summed E-state index contributed by atoms with van der Waals surface area (Å²) < 4.78 is 4.67. The average molecular weight is 358 g/mol. The number of hydrogen-bond donors (Lipinski definition) is 2. The van der Waals surface area contributed by atoms with Crippen LogP contribution in [0.5, 0.6) is 0 Å². The number of hydrogen-bond acceptors (Lipinski definition) is 5. The maximum Gasteiger partial charge on any atom is 0.337 e. The van der Waals surface area contributed by atoms with Crippen LogP contribution in [0.15, 0.2) is 36.4 Å². The number of anilines is 2. The fourth-order valence-corrected chi connectivity index (χ4v) is 2.39. The first-order chi connectivity index (χ1) is 11.9. The number of benzene rings is 2. The number of esters is 1. The Morgan fingerprint density at radius 3 is 2.60 bits per heavy atom. The Morgan fingerprint density at radius 2 is 2.00 bits per heavy atom. The van der Waals surface area contributed by atoms with Gasteiger partial charge in [-0.25, -0.2) is 4.79 Å². The first kappa shape index (κ1) is 18.3. The fourth-order valence-electron chi connectivity index (χ4n) is 2.17. The summed E-state index contributed by atoms with van der Waals surface area (Å²) in [5, 5.41) is 14.8. The van der Waals surface area contributed by atoms with E-state index in [1.807, 2.05) is 13.0 Å². The van der Waals surface area contributed by atoms with Crippen LogP contribution in [0.1, 0.15) is 21.5 Å². The molecule has 1 amide bonds. The van der Waals surface area contributed by atoms with Crippen LogP contribution in [0.2, 0.25) is 5.02 Å². The SMILES string of the molecule is COC(=O)c1ccc(NCC(=O)Nc2ccc(C#N)c(Cl)c2)c(C)c1. The van der Waals surface area contributed by atoms with Crippen molar-refractivity contribution in [3.63, 3.8) is 0 Å². The van der Waals surface area contributed by atoms with Crippen molar-refractivity contribution in [3.8, 4) is 6.07 Å². The first-order valence-corrected chi connectivity index (χ1v) is 7.74. The molecule has 0 aliphatic carbocycles. The van der Waals surface area contributed by atoms with Gasteiger partial charge >= 0.3 is 5.97 Å². The van der Waals surface area contributed by atoms with Crippen molar-refractivity contribution in [2.75, 3.05) is 24.3 Å². The quantitative estimate of drug-likeness (QED) is 0.800. The highest BCUT2D eigenvalue weighted by Crippen LogP contribution is 2.20. The molecule has 7 heteroatoms. The predicted octanol–water partition coefficient (Wildman–Crippen LogP) is 3.36. The zero-order valence-electron chi connectivity index (χ0n) is 13.7. The molecule has 2 aromatic carbocycles. The van der Waals surface area contributed by atoms with Gasteiger partial charge in [-0.1, -0.05) is 11.6 Å². The van der Waals surface area contributed by atoms with E-state index in [0.29, 0.717) is 16.8 Å². The molecule has 0 spiro atoms. The van der Waals surface area contributed by atoms with Crippen molar-refractivity contribution in [1.29, 1.82) is 5.26 Å². The van der Waals surface area contributed by atoms with Gasteiger partial charge in [0.2, 0.25) is 5.91 Å². The summed E-state index contributed by atoms with van der Waals surface area (Å²) in [5.41, 5.74) is 2.85. The molecule has 0 aliphatic rings. The molecule has 0 radical (unpaired) electrons. The number of carbonyl (C=O) groups excluding carboxylic acids is 2. The van der Waals surface area contributed by atoms with Crippen LogP contribution in [0.25, 0.3) is 0 Å². The summed E-state index contributed by atoms with van der Waals surface area (Å²) in [6, 6.07) is 11.7. The second kappa shape index (κ2) is 8.18. The van der Waals surface area contributed by atoms with E-state index in [2.05, 4.69) is 15.4 Å². The molecule has 0 unspecified atom stereocenters. The molecule has 0 saturated carbocycles. The molecule has 0 aromatic heterocycles. The summed E-state index contributed by atoms with van der Waals surface area (Å²) in [6.45, 7) is 1.86. The van der Waals surface area contributed by atoms with Crippen molar-refractivity contribution >= 4 is 34.9 Å². The van der Waals surface area contributed by atoms with Crippen LogP contribution in [0, 0.1) is 18.3 Å². The van der Waals surface area contributed by atoms with Gasteiger partial charge in [0, 0.05) is 11.4 Å². The molecule has 0 atom stereocenters. The van der Waals surface area contributed by atoms with Gasteiger partial charge in [0.15, 0.2) is 0 Å². The van der Waals surface area contributed by atoms with Crippen LogP contribution in [0.3, 0.4) is 0 Å². The number of nitrogens with zero attached hydrogens (tertiary/aromatic N) is 1. The Labute approximate surface area is 150 Å². The maximum absolute atomic E-state index is 12.0. The minimum Gasteiger partial charge on any atom is -0.465 e. The molecule has 0 saturated heterocycles. The fraction of sp³-hybridized carbons (Fsp3) is 0.167. The third kappa shape index (κ3) is 4.72. The topological polar surface area (TPSA) is 91.2 Å². The van der Waals surface area contributed by atoms with E-state index in [0.717, 1.165) is 11.3 Å². The van der Waals surface area contributed by atoms with Crippen molar-refractivity contribution in [3.05, 3.63) is 58.1 Å². The molecule has 0 aliphatic heterocycles. The van der Waals surface area contributed by atoms with Gasteiger partial charge in [0.05, 0.1) is 29.8 Å². The van der Waals surface area contributed by atoms with E-state index in [1.54, 1.807) is 30.3 Å². The number of rotatable bonds is 5. The van der Waals surface area contributed by atoms with Gasteiger partial charge in [-0.2, -0.15) is 5.26 Å². The lowest BCUT2D eigenvalue weighted by Gasteiger charge is -2.11. The number of amides is 1. The Hall–Kier alpha value is -3.04. The predicted molar refractivity (Wildman–Crippen MR) is 95.8 cm³/mol. The summed E-state index contributed by atoms with van der Waals surface area (Å²) >= 11 is 5.93. The van der Waals surface area contributed by atoms with Crippen molar-refractivity contribution in [2.45, 2.75) is 6.92 Å². The lowest BCUT2D eigenvalue weighted by atomic mass is 10.1. The summed E-state index contributed by atoms with van der Waals surface area (Å²) in [4.78, 5) is 23.5. The minimum absolute atomic E-state index is 0.0377. The average Bonchev–Trinajstić information content (AvgIpc) is 2.60. The molecule has 0 fully saturated rings. The van der Waals surface area contributed by atoms with Crippen LogP contribution in [-0.4, -0.2) is 25.5 Å². The highest BCUT2D eigenvalue weighted by molar-refractivity contribution is 6.32. The summed E-state index contributed by atoms with van der Waals surface area (Å²) in [5.74, 6) is -0.678. The van der Waals surface area contributed by atoms with Crippen LogP contribution >= 0.6 is 11.6 Å². The lowest BCUT2D eigenvalue weighted by Crippen LogP contribution is -2.22.